The summed E-state index contributed by atoms with van der Waals surface area (Å²) in [6.07, 6.45) is 4.39. The summed E-state index contributed by atoms with van der Waals surface area (Å²) < 4.78 is 17.6. The fourth-order valence-corrected chi connectivity index (χ4v) is 9.84. The van der Waals surface area contributed by atoms with Crippen molar-refractivity contribution < 1.29 is 33.6 Å². The first kappa shape index (κ1) is 35.5. The monoisotopic (exact) mass is 751 g/mol. The number of piperidine rings is 3. The van der Waals surface area contributed by atoms with Crippen molar-refractivity contribution in [1.82, 2.24) is 9.80 Å². The molecule has 0 aliphatic carbocycles. The molecule has 2 aromatic heterocycles. The van der Waals surface area contributed by atoms with E-state index >= 15 is 0 Å². The Balaban J connectivity index is 1.18. The molecule has 4 aliphatic rings. The maximum Gasteiger partial charge on any atom is 0.348 e. The van der Waals surface area contributed by atoms with Gasteiger partial charge in [0.15, 0.2) is 23.9 Å². The molecule has 0 saturated carbocycles. The van der Waals surface area contributed by atoms with Gasteiger partial charge in [0.1, 0.15) is 26.6 Å². The standard InChI is InChI=1S/C38H39Cl2N3O7S/c1-48-32-9-7-25(17-34(32)49-2)33(18-27-30(39)21-43(47)22-31(27)40)50-36(44)35-10-8-26(51-35)19-42-16-13-23-5-3-4-6-28(23)38(42,37(45)46)29-20-41-14-11-24(29)12-15-41/h3-10,17,21-22,24,29,33H,11-16,18-20H2,1-2H3,(H,45,46)/t29-,33-,38?/m0/s1. The van der Waals surface area contributed by atoms with Crippen molar-refractivity contribution in [2.75, 3.05) is 40.4 Å². The Kier molecular flexibility index (Phi) is 10.2. The van der Waals surface area contributed by atoms with Gasteiger partial charge < -0.3 is 29.4 Å². The van der Waals surface area contributed by atoms with Crippen LogP contribution >= 0.6 is 34.5 Å². The van der Waals surface area contributed by atoms with Crippen LogP contribution in [0.2, 0.25) is 10.0 Å². The van der Waals surface area contributed by atoms with Crippen LogP contribution in [0.4, 0.5) is 0 Å². The highest BCUT2D eigenvalue weighted by Crippen LogP contribution is 2.50. The van der Waals surface area contributed by atoms with Gasteiger partial charge in [0.05, 0.1) is 14.2 Å². The fourth-order valence-electron chi connectivity index (χ4n) is 8.34. The average molecular weight is 753 g/mol. The number of halogens is 2. The molecule has 3 saturated heterocycles. The molecule has 13 heteroatoms. The number of aliphatic carboxylic acids is 1. The van der Waals surface area contributed by atoms with Crippen molar-refractivity contribution >= 4 is 46.5 Å². The van der Waals surface area contributed by atoms with Crippen molar-refractivity contribution in [3.05, 3.63) is 114 Å². The number of hydrogen-bond acceptors (Lipinski definition) is 9. The van der Waals surface area contributed by atoms with Crippen LogP contribution in [-0.4, -0.2) is 67.2 Å². The number of hydrogen-bond donors (Lipinski definition) is 1. The Bertz CT molecular complexity index is 1920. The largest absolute Gasteiger partial charge is 0.619 e. The molecule has 0 radical (unpaired) electrons. The van der Waals surface area contributed by atoms with E-state index in [9.17, 15) is 19.9 Å². The average Bonchev–Trinajstić information content (AvgIpc) is 3.61. The maximum absolute atomic E-state index is 13.9. The molecule has 6 heterocycles. The zero-order valence-corrected chi connectivity index (χ0v) is 30.7. The molecule has 3 fully saturated rings. The van der Waals surface area contributed by atoms with Gasteiger partial charge in [-0.05, 0) is 79.2 Å². The number of thiophene rings is 1. The highest BCUT2D eigenvalue weighted by Gasteiger charge is 2.58. The highest BCUT2D eigenvalue weighted by molar-refractivity contribution is 7.13. The predicted molar refractivity (Wildman–Crippen MR) is 194 cm³/mol. The van der Waals surface area contributed by atoms with E-state index in [2.05, 4.69) is 15.9 Å². The van der Waals surface area contributed by atoms with Crippen LogP contribution in [0.25, 0.3) is 0 Å². The quantitative estimate of drug-likeness (QED) is 0.104. The number of carbonyl (C=O) groups excluding carboxylic acids is 1. The summed E-state index contributed by atoms with van der Waals surface area (Å²) in [6, 6.07) is 16.8. The summed E-state index contributed by atoms with van der Waals surface area (Å²) in [5, 5.41) is 23.5. The minimum atomic E-state index is -1.18. The summed E-state index contributed by atoms with van der Waals surface area (Å²) >= 11 is 14.2. The van der Waals surface area contributed by atoms with E-state index < -0.39 is 23.6 Å². The van der Waals surface area contributed by atoms with Crippen molar-refractivity contribution in [3.63, 3.8) is 0 Å². The molecule has 2 aromatic carbocycles. The molecule has 1 unspecified atom stereocenters. The smallest absolute Gasteiger partial charge is 0.348 e. The third-order valence-electron chi connectivity index (χ3n) is 10.8. The third kappa shape index (κ3) is 6.66. The summed E-state index contributed by atoms with van der Waals surface area (Å²) in [7, 11) is 3.05. The van der Waals surface area contributed by atoms with Gasteiger partial charge in [-0.1, -0.05) is 53.5 Å². The van der Waals surface area contributed by atoms with Crippen molar-refractivity contribution in [1.29, 1.82) is 0 Å². The van der Waals surface area contributed by atoms with Gasteiger partial charge >= 0.3 is 11.9 Å². The van der Waals surface area contributed by atoms with E-state index in [-0.39, 0.29) is 22.4 Å². The van der Waals surface area contributed by atoms with Gasteiger partial charge in [0, 0.05) is 42.4 Å². The Morgan fingerprint density at radius 3 is 2.41 bits per heavy atom. The number of carboxylic acids is 1. The van der Waals surface area contributed by atoms with E-state index in [1.807, 2.05) is 24.3 Å². The Hall–Kier alpha value is -3.87. The number of ether oxygens (including phenoxy) is 3. The number of pyridine rings is 1. The number of rotatable bonds is 11. The third-order valence-corrected chi connectivity index (χ3v) is 12.5. The molecule has 4 aliphatic heterocycles. The molecule has 0 spiro atoms. The predicted octanol–water partition coefficient (Wildman–Crippen LogP) is 6.53. The normalized spacial score (nSPS) is 23.3. The highest BCUT2D eigenvalue weighted by atomic mass is 35.5. The van der Waals surface area contributed by atoms with Crippen LogP contribution in [0.3, 0.4) is 0 Å². The molecule has 0 amide bonds. The molecule has 268 valence electrons. The SMILES string of the molecule is COc1ccc([C@H](Cc2c(Cl)c[n+]([O-])cc2Cl)OC(=O)c2ccc(CN3CCc4ccccc4C3(C(=O)O)[C@H]3CN4CCC3CC4)s2)cc1OC. The van der Waals surface area contributed by atoms with Crippen molar-refractivity contribution in [2.45, 2.75) is 43.9 Å². The fraction of sp³-hybridized carbons (Fsp3) is 0.395. The number of carbonyl (C=O) groups is 2. The summed E-state index contributed by atoms with van der Waals surface area (Å²) in [5.41, 5.74) is 1.86. The zero-order chi connectivity index (χ0) is 35.9. The lowest BCUT2D eigenvalue weighted by molar-refractivity contribution is -0.605. The number of benzene rings is 2. The molecule has 51 heavy (non-hydrogen) atoms. The zero-order valence-electron chi connectivity index (χ0n) is 28.3. The van der Waals surface area contributed by atoms with Crippen LogP contribution in [0, 0.1) is 17.0 Å². The number of fused-ring (bicyclic) bond motifs is 4. The van der Waals surface area contributed by atoms with Gasteiger partial charge in [-0.3, -0.25) is 4.90 Å². The van der Waals surface area contributed by atoms with Crippen molar-refractivity contribution in [3.8, 4) is 11.5 Å². The molecule has 2 bridgehead atoms. The van der Waals surface area contributed by atoms with Gasteiger partial charge in [0.2, 0.25) is 0 Å². The summed E-state index contributed by atoms with van der Waals surface area (Å²) in [6.45, 7) is 3.76. The number of esters is 1. The first-order chi connectivity index (χ1) is 24.6. The van der Waals surface area contributed by atoms with Crippen LogP contribution in [0.15, 0.2) is 67.0 Å². The van der Waals surface area contributed by atoms with E-state index in [0.29, 0.717) is 51.2 Å². The van der Waals surface area contributed by atoms with Crippen molar-refractivity contribution in [2.24, 2.45) is 11.8 Å². The van der Waals surface area contributed by atoms with E-state index in [1.165, 1.54) is 38.0 Å². The Morgan fingerprint density at radius 1 is 1.02 bits per heavy atom. The lowest BCUT2D eigenvalue weighted by atomic mass is 9.63. The first-order valence-electron chi connectivity index (χ1n) is 17.0. The molecular formula is C38H39Cl2N3O7S. The number of methoxy groups -OCH3 is 2. The molecule has 10 nitrogen and oxygen atoms in total. The number of nitrogens with zero attached hydrogens (tertiary/aromatic N) is 3. The van der Waals surface area contributed by atoms with Gasteiger partial charge in [-0.25, -0.2) is 9.59 Å². The Morgan fingerprint density at radius 2 is 1.75 bits per heavy atom. The van der Waals surface area contributed by atoms with Crippen LogP contribution in [0.1, 0.15) is 55.7 Å². The Labute approximate surface area is 310 Å². The van der Waals surface area contributed by atoms with E-state index in [1.54, 1.807) is 24.3 Å². The summed E-state index contributed by atoms with van der Waals surface area (Å²) in [4.78, 5) is 33.3. The first-order valence-corrected chi connectivity index (χ1v) is 18.6. The van der Waals surface area contributed by atoms with E-state index in [4.69, 9.17) is 37.4 Å². The lowest BCUT2D eigenvalue weighted by Crippen LogP contribution is -2.66. The van der Waals surface area contributed by atoms with Gasteiger partial charge in [-0.2, -0.15) is 4.73 Å². The molecule has 1 N–H and O–H groups in total. The minimum absolute atomic E-state index is 0.0571. The van der Waals surface area contributed by atoms with Gasteiger partial charge in [-0.15, -0.1) is 11.3 Å². The van der Waals surface area contributed by atoms with Crippen LogP contribution in [0.5, 0.6) is 11.5 Å². The van der Waals surface area contributed by atoms with Crippen LogP contribution < -0.4 is 14.2 Å². The second-order valence-corrected chi connectivity index (χ2v) is 15.4. The van der Waals surface area contributed by atoms with Gasteiger partial charge in [0.25, 0.3) is 0 Å². The van der Waals surface area contributed by atoms with E-state index in [0.717, 1.165) is 54.9 Å². The molecule has 8 rings (SSSR count). The number of carboxylic acid groups (broad SMARTS) is 1. The second kappa shape index (κ2) is 14.6. The topological polar surface area (TPSA) is 115 Å². The minimum Gasteiger partial charge on any atom is -0.619 e. The second-order valence-electron chi connectivity index (χ2n) is 13.4. The number of aromatic nitrogens is 1. The molecular weight excluding hydrogens is 713 g/mol. The molecule has 3 atom stereocenters. The summed E-state index contributed by atoms with van der Waals surface area (Å²) in [5.74, 6) is -0.147. The lowest BCUT2D eigenvalue weighted by Gasteiger charge is -2.56. The molecule has 4 aromatic rings. The van der Waals surface area contributed by atoms with Crippen LogP contribution in [-0.2, 0) is 34.5 Å². The maximum atomic E-state index is 13.9.